The summed E-state index contributed by atoms with van der Waals surface area (Å²) in [6, 6.07) is 0. The number of hydrogen-bond acceptors (Lipinski definition) is 6. The molecule has 0 unspecified atom stereocenters. The first kappa shape index (κ1) is 37.4. The fourth-order valence-electron chi connectivity index (χ4n) is 0.0546. The molecule has 0 heterocycles. The number of hydrogen-bond donors (Lipinski definition) is 6. The van der Waals surface area contributed by atoms with Gasteiger partial charge >= 0.3 is 0 Å². The maximum Gasteiger partial charge on any atom is 0.300 e. The Morgan fingerprint density at radius 2 is 0.955 bits per heavy atom. The zero-order valence-corrected chi connectivity index (χ0v) is 16.0. The van der Waals surface area contributed by atoms with Crippen LogP contribution in [0, 0.1) is 0 Å². The van der Waals surface area contributed by atoms with Crippen molar-refractivity contribution < 1.29 is 39.6 Å². The molecule has 0 amide bonds. The predicted molar refractivity (Wildman–Crippen MR) is 81.9 cm³/mol. The zero-order chi connectivity index (χ0) is 18.4. The molecule has 0 saturated carbocycles. The van der Waals surface area contributed by atoms with Gasteiger partial charge in [-0.1, -0.05) is 0 Å². The van der Waals surface area contributed by atoms with E-state index in [-0.39, 0.29) is 29.6 Å². The van der Waals surface area contributed by atoms with E-state index in [1.54, 1.807) is 0 Å². The second-order valence-electron chi connectivity index (χ2n) is 2.75. The topological polar surface area (TPSA) is 187 Å². The van der Waals surface area contributed by atoms with Crippen molar-refractivity contribution in [2.45, 2.75) is 27.7 Å². The molecule has 0 atom stereocenters. The third kappa shape index (κ3) is 5260. The van der Waals surface area contributed by atoms with Crippen LogP contribution in [-0.4, -0.2) is 87.0 Å². The molecule has 7 N–H and O–H groups in total. The fourth-order valence-corrected chi connectivity index (χ4v) is 0.164. The van der Waals surface area contributed by atoms with Gasteiger partial charge in [-0.05, 0) is 11.8 Å². The zero-order valence-electron chi connectivity index (χ0n) is 13.3. The molecule has 0 fully saturated rings. The average molecular weight is 358 g/mol. The van der Waals surface area contributed by atoms with Gasteiger partial charge < -0.3 is 26.2 Å². The molecule has 129 valence electrons. The van der Waals surface area contributed by atoms with Crippen LogP contribution in [-0.2, 0) is 19.2 Å². The Bertz CT molecular complexity index is 214. The number of rotatable bonds is 2. The Labute approximate surface area is 156 Å². The summed E-state index contributed by atoms with van der Waals surface area (Å²) < 4.78 is 0. The van der Waals surface area contributed by atoms with E-state index in [0.717, 1.165) is 27.7 Å². The molecule has 0 aliphatic carbocycles. The minimum atomic E-state index is -0.833. The predicted octanol–water partition coefficient (Wildman–Crippen LogP) is -0.329. The molecular formula is C10H23ClN2NaO8. The van der Waals surface area contributed by atoms with Crippen LogP contribution in [0.3, 0.4) is 0 Å². The molecule has 0 spiro atoms. The fraction of sp³-hybridized carbons (Fsp3) is 0.600. The molecule has 1 radical (unpaired) electrons. The Morgan fingerprint density at radius 3 is 0.955 bits per heavy atom. The summed E-state index contributed by atoms with van der Waals surface area (Å²) >= 11 is 4.97. The first-order valence-corrected chi connectivity index (χ1v) is 5.54. The number of carboxylic acid groups (broad SMARTS) is 4. The summed E-state index contributed by atoms with van der Waals surface area (Å²) in [6.45, 7) is 5.62. The van der Waals surface area contributed by atoms with Gasteiger partial charge in [-0.15, -0.1) is 0 Å². The Balaban J connectivity index is -0.0000000361. The summed E-state index contributed by atoms with van der Waals surface area (Å²) in [5, 5.41) is 29.7. The Hall–Kier alpha value is -0.910. The molecule has 0 rings (SSSR count). The third-order valence-corrected chi connectivity index (χ3v) is 0.428. The second kappa shape index (κ2) is 36.9. The summed E-state index contributed by atoms with van der Waals surface area (Å²) in [5.41, 5.74) is 4.99. The standard InChI is InChI=1S/C2H7ClN2.4C2H4O2.Na/c3-5-2-1-4;4*1-2(3)4;/h5H,1-2,4H2;4*1H3,(H,3,4);. The van der Waals surface area contributed by atoms with Crippen LogP contribution in [0.1, 0.15) is 27.7 Å². The number of nitrogens with two attached hydrogens (primary N) is 1. The van der Waals surface area contributed by atoms with Crippen molar-refractivity contribution in [1.29, 1.82) is 0 Å². The number of nitrogens with one attached hydrogen (secondary N) is 1. The van der Waals surface area contributed by atoms with Crippen molar-refractivity contribution in [3.8, 4) is 0 Å². The third-order valence-electron chi connectivity index (χ3n) is 0.239. The van der Waals surface area contributed by atoms with E-state index in [2.05, 4.69) is 4.84 Å². The Kier molecular flexibility index (Phi) is 62.7. The molecule has 0 saturated heterocycles. The van der Waals surface area contributed by atoms with Crippen LogP contribution in [0.15, 0.2) is 0 Å². The maximum absolute atomic E-state index is 9.00. The SMILES string of the molecule is CC(=O)O.CC(=O)O.CC(=O)O.CC(=O)O.NCCNCl.[Na]. The van der Waals surface area contributed by atoms with Gasteiger partial charge in [0, 0.05) is 70.3 Å². The largest absolute Gasteiger partial charge is 0.481 e. The molecule has 0 aromatic carbocycles. The van der Waals surface area contributed by atoms with Crippen molar-refractivity contribution in [1.82, 2.24) is 4.84 Å². The van der Waals surface area contributed by atoms with Gasteiger partial charge in [0.1, 0.15) is 0 Å². The van der Waals surface area contributed by atoms with E-state index >= 15 is 0 Å². The monoisotopic (exact) mass is 357 g/mol. The molecule has 0 aliphatic rings. The van der Waals surface area contributed by atoms with E-state index < -0.39 is 23.9 Å². The van der Waals surface area contributed by atoms with Crippen LogP contribution < -0.4 is 10.6 Å². The summed E-state index contributed by atoms with van der Waals surface area (Å²) in [5.74, 6) is -3.33. The molecular weight excluding hydrogens is 335 g/mol. The van der Waals surface area contributed by atoms with Crippen molar-refractivity contribution in [3.63, 3.8) is 0 Å². The number of carbonyl (C=O) groups is 4. The van der Waals surface area contributed by atoms with Gasteiger partial charge in [0.2, 0.25) is 0 Å². The van der Waals surface area contributed by atoms with Gasteiger partial charge in [0.05, 0.1) is 0 Å². The van der Waals surface area contributed by atoms with Gasteiger partial charge in [-0.3, -0.25) is 19.2 Å². The number of aliphatic carboxylic acids is 4. The first-order valence-electron chi connectivity index (χ1n) is 5.16. The molecule has 0 bridgehead atoms. The van der Waals surface area contributed by atoms with Crippen molar-refractivity contribution in [2.24, 2.45) is 5.73 Å². The van der Waals surface area contributed by atoms with Crippen LogP contribution >= 0.6 is 11.8 Å². The van der Waals surface area contributed by atoms with E-state index in [0.29, 0.717) is 13.1 Å². The van der Waals surface area contributed by atoms with Gasteiger partial charge in [-0.2, -0.15) is 0 Å². The van der Waals surface area contributed by atoms with E-state index in [9.17, 15) is 0 Å². The summed E-state index contributed by atoms with van der Waals surface area (Å²) in [4.78, 5) is 38.4. The summed E-state index contributed by atoms with van der Waals surface area (Å²) in [7, 11) is 0. The minimum absolute atomic E-state index is 0. The van der Waals surface area contributed by atoms with Gasteiger partial charge in [0.25, 0.3) is 23.9 Å². The average Bonchev–Trinajstić information content (AvgIpc) is 2.14. The minimum Gasteiger partial charge on any atom is -0.481 e. The van der Waals surface area contributed by atoms with Gasteiger partial charge in [0.15, 0.2) is 0 Å². The number of halogens is 1. The summed E-state index contributed by atoms with van der Waals surface area (Å²) in [6.07, 6.45) is 0. The van der Waals surface area contributed by atoms with Crippen LogP contribution in [0.2, 0.25) is 0 Å². The molecule has 0 aliphatic heterocycles. The first-order chi connectivity index (χ1) is 9.34. The van der Waals surface area contributed by atoms with Crippen molar-refractivity contribution in [2.75, 3.05) is 13.1 Å². The maximum atomic E-state index is 9.00. The van der Waals surface area contributed by atoms with Crippen molar-refractivity contribution >= 4 is 65.2 Å². The normalized spacial score (nSPS) is 6.45. The van der Waals surface area contributed by atoms with Crippen molar-refractivity contribution in [3.05, 3.63) is 0 Å². The number of carboxylic acids is 4. The Morgan fingerprint density at radius 1 is 0.818 bits per heavy atom. The van der Waals surface area contributed by atoms with E-state index in [1.165, 1.54) is 0 Å². The van der Waals surface area contributed by atoms with Crippen LogP contribution in [0.5, 0.6) is 0 Å². The van der Waals surface area contributed by atoms with E-state index in [4.69, 9.17) is 57.1 Å². The molecule has 22 heavy (non-hydrogen) atoms. The van der Waals surface area contributed by atoms with Crippen LogP contribution in [0.25, 0.3) is 0 Å². The quantitative estimate of drug-likeness (QED) is 0.282. The van der Waals surface area contributed by atoms with Gasteiger partial charge in [-0.25, -0.2) is 4.84 Å². The molecule has 10 nitrogen and oxygen atoms in total. The molecule has 12 heteroatoms. The molecule has 0 aromatic heterocycles. The smallest absolute Gasteiger partial charge is 0.300 e. The second-order valence-corrected chi connectivity index (χ2v) is 3.02. The molecule has 0 aromatic rings. The van der Waals surface area contributed by atoms with Crippen LogP contribution in [0.4, 0.5) is 0 Å². The van der Waals surface area contributed by atoms with E-state index in [1.807, 2.05) is 0 Å².